The molecule has 0 unspecified atom stereocenters. The molecule has 0 atom stereocenters. The normalized spacial score (nSPS) is 18.1. The van der Waals surface area contributed by atoms with Crippen molar-refractivity contribution >= 4 is 27.7 Å². The quantitative estimate of drug-likeness (QED) is 0.877. The number of halogens is 1. The first-order valence-electron chi connectivity index (χ1n) is 5.40. The average Bonchev–Trinajstić information content (AvgIpc) is 2.13. The summed E-state index contributed by atoms with van der Waals surface area (Å²) in [6.45, 7) is 3.86. The van der Waals surface area contributed by atoms with Crippen LogP contribution in [0.25, 0.3) is 0 Å². The van der Waals surface area contributed by atoms with Crippen LogP contribution in [0, 0.1) is 0 Å². The minimum absolute atomic E-state index is 0.426. The Kier molecular flexibility index (Phi) is 3.19. The maximum absolute atomic E-state index is 5.73. The second-order valence-corrected chi connectivity index (χ2v) is 5.40. The lowest BCUT2D eigenvalue weighted by molar-refractivity contribution is 0.539. The lowest BCUT2D eigenvalue weighted by atomic mass is 10.1. The Labute approximate surface area is 109 Å². The summed E-state index contributed by atoms with van der Waals surface area (Å²) in [5.74, 6) is 1.27. The molecule has 90 valence electrons. The Morgan fingerprint density at radius 2 is 2.12 bits per heavy atom. The first-order valence-corrected chi connectivity index (χ1v) is 6.19. The summed E-state index contributed by atoms with van der Waals surface area (Å²) >= 11 is 3.45. The van der Waals surface area contributed by atoms with E-state index in [0.717, 1.165) is 16.7 Å². The fourth-order valence-electron chi connectivity index (χ4n) is 1.78. The SMILES string of the molecule is CC1(C)N=C(N)NC(Cc2cccc(Br)c2)=N1. The molecule has 0 aliphatic carbocycles. The van der Waals surface area contributed by atoms with E-state index in [1.807, 2.05) is 26.0 Å². The third-order valence-electron chi connectivity index (χ3n) is 2.34. The number of nitrogens with one attached hydrogen (secondary N) is 1. The smallest absolute Gasteiger partial charge is 0.196 e. The molecule has 0 amide bonds. The summed E-state index contributed by atoms with van der Waals surface area (Å²) in [6.07, 6.45) is 0.721. The lowest BCUT2D eigenvalue weighted by Crippen LogP contribution is -2.44. The van der Waals surface area contributed by atoms with Crippen LogP contribution < -0.4 is 11.1 Å². The number of aliphatic imine (C=N–C) groups is 2. The highest BCUT2D eigenvalue weighted by Gasteiger charge is 2.21. The molecule has 0 aromatic heterocycles. The Morgan fingerprint density at radius 1 is 1.35 bits per heavy atom. The van der Waals surface area contributed by atoms with Crippen molar-refractivity contribution in [2.24, 2.45) is 15.7 Å². The van der Waals surface area contributed by atoms with Gasteiger partial charge in [-0.1, -0.05) is 28.1 Å². The van der Waals surface area contributed by atoms with Gasteiger partial charge in [0.05, 0.1) is 0 Å². The van der Waals surface area contributed by atoms with Crippen molar-refractivity contribution in [2.45, 2.75) is 25.9 Å². The number of nitrogens with zero attached hydrogens (tertiary/aromatic N) is 2. The van der Waals surface area contributed by atoms with Crippen molar-refractivity contribution in [3.05, 3.63) is 34.3 Å². The molecule has 0 radical (unpaired) electrons. The second-order valence-electron chi connectivity index (χ2n) is 4.48. The largest absolute Gasteiger partial charge is 0.370 e. The summed E-state index contributed by atoms with van der Waals surface area (Å²) in [7, 11) is 0. The molecule has 1 aromatic rings. The molecule has 1 aliphatic rings. The van der Waals surface area contributed by atoms with Crippen LogP contribution in [-0.2, 0) is 6.42 Å². The maximum atomic E-state index is 5.73. The fraction of sp³-hybridized carbons (Fsp3) is 0.333. The highest BCUT2D eigenvalue weighted by atomic mass is 79.9. The monoisotopic (exact) mass is 294 g/mol. The number of guanidine groups is 1. The first-order chi connectivity index (χ1) is 7.94. The van der Waals surface area contributed by atoms with Gasteiger partial charge >= 0.3 is 0 Å². The summed E-state index contributed by atoms with van der Waals surface area (Å²) in [6, 6.07) is 8.13. The van der Waals surface area contributed by atoms with Gasteiger partial charge in [-0.05, 0) is 31.5 Å². The predicted octanol–water partition coefficient (Wildman–Crippen LogP) is 2.04. The zero-order valence-electron chi connectivity index (χ0n) is 9.87. The molecule has 0 spiro atoms. The topological polar surface area (TPSA) is 62.8 Å². The lowest BCUT2D eigenvalue weighted by Gasteiger charge is -2.24. The number of hydrogen-bond acceptors (Lipinski definition) is 4. The van der Waals surface area contributed by atoms with Crippen LogP contribution in [0.2, 0.25) is 0 Å². The number of rotatable bonds is 2. The van der Waals surface area contributed by atoms with E-state index in [1.54, 1.807) is 0 Å². The van der Waals surface area contributed by atoms with Gasteiger partial charge in [0, 0.05) is 10.9 Å². The summed E-state index contributed by atoms with van der Waals surface area (Å²) in [5, 5.41) is 3.00. The van der Waals surface area contributed by atoms with Crippen LogP contribution >= 0.6 is 15.9 Å². The molecule has 1 aromatic carbocycles. The van der Waals surface area contributed by atoms with Crippen LogP contribution in [0.4, 0.5) is 0 Å². The maximum Gasteiger partial charge on any atom is 0.196 e. The highest BCUT2D eigenvalue weighted by molar-refractivity contribution is 9.10. The van der Waals surface area contributed by atoms with Gasteiger partial charge in [-0.15, -0.1) is 0 Å². The van der Waals surface area contributed by atoms with Gasteiger partial charge in [-0.2, -0.15) is 0 Å². The zero-order valence-corrected chi connectivity index (χ0v) is 11.5. The summed E-state index contributed by atoms with van der Waals surface area (Å²) in [4.78, 5) is 8.72. The van der Waals surface area contributed by atoms with E-state index in [4.69, 9.17) is 5.73 Å². The summed E-state index contributed by atoms with van der Waals surface area (Å²) in [5.41, 5.74) is 6.43. The van der Waals surface area contributed by atoms with E-state index in [0.29, 0.717) is 5.96 Å². The molecular formula is C12H15BrN4. The molecule has 0 fully saturated rings. The van der Waals surface area contributed by atoms with Gasteiger partial charge < -0.3 is 11.1 Å². The molecule has 3 N–H and O–H groups in total. The van der Waals surface area contributed by atoms with E-state index in [-0.39, 0.29) is 0 Å². The molecule has 1 aliphatic heterocycles. The van der Waals surface area contributed by atoms with Crippen LogP contribution in [-0.4, -0.2) is 17.5 Å². The predicted molar refractivity (Wildman–Crippen MR) is 74.1 cm³/mol. The van der Waals surface area contributed by atoms with Crippen molar-refractivity contribution in [1.82, 2.24) is 5.32 Å². The van der Waals surface area contributed by atoms with E-state index >= 15 is 0 Å². The van der Waals surface area contributed by atoms with Crippen LogP contribution in [0.5, 0.6) is 0 Å². The van der Waals surface area contributed by atoms with E-state index in [1.165, 1.54) is 5.56 Å². The second kappa shape index (κ2) is 4.49. The Hall–Kier alpha value is -1.36. The molecule has 0 saturated heterocycles. The van der Waals surface area contributed by atoms with Gasteiger partial charge in [0.25, 0.3) is 0 Å². The van der Waals surface area contributed by atoms with Crippen LogP contribution in [0.1, 0.15) is 19.4 Å². The number of hydrogen-bond donors (Lipinski definition) is 2. The average molecular weight is 295 g/mol. The Morgan fingerprint density at radius 3 is 2.76 bits per heavy atom. The van der Waals surface area contributed by atoms with Gasteiger partial charge in [-0.3, -0.25) is 0 Å². The van der Waals surface area contributed by atoms with Gasteiger partial charge in [0.2, 0.25) is 0 Å². The van der Waals surface area contributed by atoms with Gasteiger partial charge in [-0.25, -0.2) is 9.98 Å². The van der Waals surface area contributed by atoms with Crippen molar-refractivity contribution in [3.63, 3.8) is 0 Å². The Balaban J connectivity index is 2.18. The minimum Gasteiger partial charge on any atom is -0.370 e. The van der Waals surface area contributed by atoms with Crippen molar-refractivity contribution in [3.8, 4) is 0 Å². The van der Waals surface area contributed by atoms with Gasteiger partial charge in [0.1, 0.15) is 11.5 Å². The minimum atomic E-state index is -0.476. The molecule has 0 saturated carbocycles. The molecule has 2 rings (SSSR count). The summed E-state index contributed by atoms with van der Waals surface area (Å²) < 4.78 is 1.06. The van der Waals surface area contributed by atoms with Crippen molar-refractivity contribution in [2.75, 3.05) is 0 Å². The van der Waals surface area contributed by atoms with Crippen molar-refractivity contribution < 1.29 is 0 Å². The van der Waals surface area contributed by atoms with Crippen molar-refractivity contribution in [1.29, 1.82) is 0 Å². The third-order valence-corrected chi connectivity index (χ3v) is 2.83. The van der Waals surface area contributed by atoms with E-state index in [9.17, 15) is 0 Å². The van der Waals surface area contributed by atoms with E-state index < -0.39 is 5.66 Å². The zero-order chi connectivity index (χ0) is 12.5. The molecule has 4 nitrogen and oxygen atoms in total. The van der Waals surface area contributed by atoms with Crippen LogP contribution in [0.3, 0.4) is 0 Å². The molecule has 5 heteroatoms. The highest BCUT2D eigenvalue weighted by Crippen LogP contribution is 2.16. The third kappa shape index (κ3) is 3.30. The molecule has 17 heavy (non-hydrogen) atoms. The first kappa shape index (κ1) is 12.1. The standard InChI is InChI=1S/C12H15BrN4/c1-12(2)16-10(15-11(14)17-12)7-8-4-3-5-9(13)6-8/h3-6H,7H2,1-2H3,(H3,14,15,16,17). The number of amidine groups is 1. The van der Waals surface area contributed by atoms with Gasteiger partial charge in [0.15, 0.2) is 5.96 Å². The van der Waals surface area contributed by atoms with Crippen LogP contribution in [0.15, 0.2) is 38.7 Å². The molecular weight excluding hydrogens is 280 g/mol. The molecule has 0 bridgehead atoms. The fourth-order valence-corrected chi connectivity index (χ4v) is 2.22. The Bertz CT molecular complexity index is 491. The number of benzene rings is 1. The van der Waals surface area contributed by atoms with E-state index in [2.05, 4.69) is 43.4 Å². The number of nitrogens with two attached hydrogens (primary N) is 1. The molecule has 1 heterocycles.